The molecule has 2 aliphatic heterocycles. The van der Waals surface area contributed by atoms with Gasteiger partial charge in [0.05, 0.1) is 6.54 Å². The van der Waals surface area contributed by atoms with Crippen molar-refractivity contribution in [2.45, 2.75) is 19.9 Å². The van der Waals surface area contributed by atoms with Crippen LogP contribution in [-0.4, -0.2) is 72.5 Å². The monoisotopic (exact) mass is 330 g/mol. The van der Waals surface area contributed by atoms with Gasteiger partial charge in [0, 0.05) is 39.3 Å². The van der Waals surface area contributed by atoms with E-state index >= 15 is 0 Å². The summed E-state index contributed by atoms with van der Waals surface area (Å²) in [6.07, 6.45) is 0.884. The van der Waals surface area contributed by atoms with E-state index in [1.165, 1.54) is 11.1 Å². The van der Waals surface area contributed by atoms with Crippen LogP contribution in [0.2, 0.25) is 0 Å². The molecule has 1 saturated heterocycles. The lowest BCUT2D eigenvalue weighted by Crippen LogP contribution is -2.53. The zero-order valence-corrected chi connectivity index (χ0v) is 14.3. The van der Waals surface area contributed by atoms with Crippen LogP contribution in [0.1, 0.15) is 18.1 Å². The number of rotatable bonds is 3. The molecule has 6 heteroatoms. The lowest BCUT2D eigenvalue weighted by Gasteiger charge is -2.34. The van der Waals surface area contributed by atoms with E-state index in [0.717, 1.165) is 45.7 Å². The van der Waals surface area contributed by atoms with Gasteiger partial charge in [-0.25, -0.2) is 4.79 Å². The third-order valence-electron chi connectivity index (χ3n) is 4.98. The second-order valence-electron chi connectivity index (χ2n) is 6.41. The molecule has 0 saturated carbocycles. The summed E-state index contributed by atoms with van der Waals surface area (Å²) >= 11 is 0. The zero-order valence-electron chi connectivity index (χ0n) is 14.3. The third kappa shape index (κ3) is 3.87. The maximum atomic E-state index is 12.4. The topological polar surface area (TPSA) is 55.9 Å². The van der Waals surface area contributed by atoms with Gasteiger partial charge in [0.2, 0.25) is 5.91 Å². The quantitative estimate of drug-likeness (QED) is 0.897. The molecule has 1 N–H and O–H groups in total. The number of fused-ring (bicyclic) bond motifs is 1. The van der Waals surface area contributed by atoms with Gasteiger partial charge in [-0.2, -0.15) is 0 Å². The first kappa shape index (κ1) is 16.8. The minimum Gasteiger partial charge on any atom is -0.336 e. The van der Waals surface area contributed by atoms with Crippen molar-refractivity contribution in [3.8, 4) is 0 Å². The lowest BCUT2D eigenvalue weighted by atomic mass is 10.00. The third-order valence-corrected chi connectivity index (χ3v) is 4.98. The molecule has 0 spiro atoms. The minimum absolute atomic E-state index is 0.00922. The van der Waals surface area contributed by atoms with Crippen molar-refractivity contribution in [2.75, 3.05) is 45.8 Å². The highest BCUT2D eigenvalue weighted by Crippen LogP contribution is 2.18. The van der Waals surface area contributed by atoms with Crippen LogP contribution < -0.4 is 5.32 Å². The van der Waals surface area contributed by atoms with E-state index in [-0.39, 0.29) is 18.5 Å². The highest BCUT2D eigenvalue weighted by molar-refractivity contribution is 5.84. The number of hydrogen-bond donors (Lipinski definition) is 1. The van der Waals surface area contributed by atoms with Crippen LogP contribution in [0, 0.1) is 0 Å². The van der Waals surface area contributed by atoms with Gasteiger partial charge < -0.3 is 20.0 Å². The molecule has 1 aromatic carbocycles. The van der Waals surface area contributed by atoms with Gasteiger partial charge >= 0.3 is 6.03 Å². The van der Waals surface area contributed by atoms with Crippen LogP contribution in [0.4, 0.5) is 4.79 Å². The predicted molar refractivity (Wildman–Crippen MR) is 92.6 cm³/mol. The molecule has 2 aliphatic rings. The molecule has 0 aromatic heterocycles. The summed E-state index contributed by atoms with van der Waals surface area (Å²) in [5.74, 6) is -0.00922. The largest absolute Gasteiger partial charge is 0.336 e. The SMILES string of the molecule is CCN1CCN(C(=O)NCC(=O)N2CCc3ccccc3C2)CC1. The Hall–Kier alpha value is -2.08. The number of benzene rings is 1. The smallest absolute Gasteiger partial charge is 0.317 e. The number of likely N-dealkylation sites (N-methyl/N-ethyl adjacent to an activating group) is 1. The van der Waals surface area contributed by atoms with E-state index in [0.29, 0.717) is 6.54 Å². The summed E-state index contributed by atoms with van der Waals surface area (Å²) in [6.45, 7) is 7.85. The average molecular weight is 330 g/mol. The fourth-order valence-corrected chi connectivity index (χ4v) is 3.35. The Kier molecular flexibility index (Phi) is 5.35. The molecule has 130 valence electrons. The number of amides is 3. The number of carbonyl (C=O) groups is 2. The van der Waals surface area contributed by atoms with Crippen molar-refractivity contribution in [3.05, 3.63) is 35.4 Å². The number of nitrogens with one attached hydrogen (secondary N) is 1. The van der Waals surface area contributed by atoms with Gasteiger partial charge in [0.1, 0.15) is 0 Å². The first-order chi connectivity index (χ1) is 11.7. The number of piperazine rings is 1. The summed E-state index contributed by atoms with van der Waals surface area (Å²) in [5, 5.41) is 2.78. The van der Waals surface area contributed by atoms with Gasteiger partial charge in [0.25, 0.3) is 0 Å². The minimum atomic E-state index is -0.128. The van der Waals surface area contributed by atoms with Crippen molar-refractivity contribution in [1.82, 2.24) is 20.0 Å². The summed E-state index contributed by atoms with van der Waals surface area (Å²) in [6, 6.07) is 8.10. The number of nitrogens with zero attached hydrogens (tertiary/aromatic N) is 3. The molecule has 3 rings (SSSR count). The Labute approximate surface area is 143 Å². The first-order valence-corrected chi connectivity index (χ1v) is 8.77. The highest BCUT2D eigenvalue weighted by Gasteiger charge is 2.23. The van der Waals surface area contributed by atoms with Gasteiger partial charge in [0.15, 0.2) is 0 Å². The number of hydrogen-bond acceptors (Lipinski definition) is 3. The molecule has 24 heavy (non-hydrogen) atoms. The van der Waals surface area contributed by atoms with E-state index in [1.807, 2.05) is 17.0 Å². The number of carbonyl (C=O) groups excluding carboxylic acids is 2. The summed E-state index contributed by atoms with van der Waals surface area (Å²) < 4.78 is 0. The van der Waals surface area contributed by atoms with E-state index in [9.17, 15) is 9.59 Å². The molecule has 1 fully saturated rings. The lowest BCUT2D eigenvalue weighted by molar-refractivity contribution is -0.131. The molecule has 0 unspecified atom stereocenters. The second-order valence-corrected chi connectivity index (χ2v) is 6.41. The predicted octanol–water partition coefficient (Wildman–Crippen LogP) is 0.918. The molecule has 0 aliphatic carbocycles. The second kappa shape index (κ2) is 7.66. The van der Waals surface area contributed by atoms with E-state index < -0.39 is 0 Å². The van der Waals surface area contributed by atoms with Crippen LogP contribution in [0.15, 0.2) is 24.3 Å². The van der Waals surface area contributed by atoms with Crippen LogP contribution in [0.3, 0.4) is 0 Å². The molecule has 0 bridgehead atoms. The molecule has 3 amide bonds. The van der Waals surface area contributed by atoms with Crippen molar-refractivity contribution >= 4 is 11.9 Å². The van der Waals surface area contributed by atoms with Crippen LogP contribution in [0.5, 0.6) is 0 Å². The Balaban J connectivity index is 1.45. The normalized spacial score (nSPS) is 18.2. The molecule has 0 atom stereocenters. The Morgan fingerprint density at radius 1 is 1.00 bits per heavy atom. The summed E-state index contributed by atoms with van der Waals surface area (Å²) in [5.41, 5.74) is 2.53. The van der Waals surface area contributed by atoms with Gasteiger partial charge in [-0.05, 0) is 24.1 Å². The molecule has 2 heterocycles. The van der Waals surface area contributed by atoms with Gasteiger partial charge in [-0.15, -0.1) is 0 Å². The van der Waals surface area contributed by atoms with Gasteiger partial charge in [-0.1, -0.05) is 31.2 Å². The first-order valence-electron chi connectivity index (χ1n) is 8.77. The Bertz CT molecular complexity index is 596. The zero-order chi connectivity index (χ0) is 16.9. The fraction of sp³-hybridized carbons (Fsp3) is 0.556. The van der Waals surface area contributed by atoms with Crippen LogP contribution >= 0.6 is 0 Å². The van der Waals surface area contributed by atoms with Crippen molar-refractivity contribution in [3.63, 3.8) is 0 Å². The van der Waals surface area contributed by atoms with E-state index in [2.05, 4.69) is 29.3 Å². The van der Waals surface area contributed by atoms with Crippen LogP contribution in [0.25, 0.3) is 0 Å². The van der Waals surface area contributed by atoms with E-state index in [1.54, 1.807) is 4.90 Å². The van der Waals surface area contributed by atoms with Gasteiger partial charge in [-0.3, -0.25) is 4.79 Å². The maximum absolute atomic E-state index is 12.4. The van der Waals surface area contributed by atoms with Crippen molar-refractivity contribution in [1.29, 1.82) is 0 Å². The summed E-state index contributed by atoms with van der Waals surface area (Å²) in [4.78, 5) is 30.5. The van der Waals surface area contributed by atoms with Crippen molar-refractivity contribution in [2.24, 2.45) is 0 Å². The standard InChI is InChI=1S/C18H26N4O2/c1-2-20-9-11-21(12-10-20)18(24)19-13-17(23)22-8-7-15-5-3-4-6-16(15)14-22/h3-6H,2,7-14H2,1H3,(H,19,24). The molecule has 6 nitrogen and oxygen atoms in total. The van der Waals surface area contributed by atoms with Crippen molar-refractivity contribution < 1.29 is 9.59 Å². The Morgan fingerprint density at radius 2 is 1.71 bits per heavy atom. The average Bonchev–Trinajstić information content (AvgIpc) is 2.65. The Morgan fingerprint density at radius 3 is 2.42 bits per heavy atom. The van der Waals surface area contributed by atoms with Crippen LogP contribution in [-0.2, 0) is 17.8 Å². The van der Waals surface area contributed by atoms with E-state index in [4.69, 9.17) is 0 Å². The molecule has 1 aromatic rings. The molecular formula is C18H26N4O2. The fourth-order valence-electron chi connectivity index (χ4n) is 3.35. The maximum Gasteiger partial charge on any atom is 0.317 e. The number of urea groups is 1. The highest BCUT2D eigenvalue weighted by atomic mass is 16.2. The summed E-state index contributed by atoms with van der Waals surface area (Å²) in [7, 11) is 0. The molecule has 0 radical (unpaired) electrons. The molecular weight excluding hydrogens is 304 g/mol.